The molecule has 0 fully saturated rings. The molecule has 3 aromatic rings. The van der Waals surface area contributed by atoms with E-state index in [1.54, 1.807) is 0 Å². The van der Waals surface area contributed by atoms with Crippen molar-refractivity contribution < 1.29 is 58.9 Å². The van der Waals surface area contributed by atoms with E-state index in [-0.39, 0.29) is 58.9 Å². The fourth-order valence-corrected chi connectivity index (χ4v) is 6.97. The van der Waals surface area contributed by atoms with Crippen molar-refractivity contribution in [2.75, 3.05) is 0 Å². The Kier molecular flexibility index (Phi) is 13.6. The Balaban J connectivity index is 0.00000342. The van der Waals surface area contributed by atoms with Gasteiger partial charge in [-0.05, 0) is 58.2 Å². The third kappa shape index (κ3) is 7.36. The predicted molar refractivity (Wildman–Crippen MR) is 150 cm³/mol. The Bertz CT molecular complexity index is 1150. The Morgan fingerprint density at radius 1 is 0.553 bits per heavy atom. The van der Waals surface area contributed by atoms with E-state index < -0.39 is 13.5 Å². The zero-order chi connectivity index (χ0) is 24.8. The molecular formula is C33H39Cl3SiTi. The van der Waals surface area contributed by atoms with Gasteiger partial charge in [-0.15, -0.1) is 6.42 Å². The third-order valence-electron chi connectivity index (χ3n) is 7.07. The molecule has 0 nitrogen and oxygen atoms in total. The Morgan fingerprint density at radius 2 is 0.842 bits per heavy atom. The van der Waals surface area contributed by atoms with E-state index in [1.807, 2.05) is 0 Å². The van der Waals surface area contributed by atoms with E-state index in [0.717, 1.165) is 6.42 Å². The summed E-state index contributed by atoms with van der Waals surface area (Å²) in [5, 5.41) is 1.52. The number of rotatable bonds is 5. The van der Waals surface area contributed by atoms with Gasteiger partial charge in [0.05, 0.1) is 8.07 Å². The van der Waals surface area contributed by atoms with Crippen molar-refractivity contribution in [3.05, 3.63) is 128 Å². The van der Waals surface area contributed by atoms with E-state index in [9.17, 15) is 0 Å². The fraction of sp³-hybridized carbons (Fsp3) is 0.333. The minimum absolute atomic E-state index is 0. The van der Waals surface area contributed by atoms with Gasteiger partial charge in [-0.1, -0.05) is 108 Å². The first-order valence-corrected chi connectivity index (χ1v) is 16.0. The maximum Gasteiger partial charge on any atom is 4.00 e. The van der Waals surface area contributed by atoms with Gasteiger partial charge in [0.2, 0.25) is 0 Å². The van der Waals surface area contributed by atoms with Crippen molar-refractivity contribution in [1.82, 2.24) is 0 Å². The van der Waals surface area contributed by atoms with Gasteiger partial charge in [0.1, 0.15) is 0 Å². The van der Waals surface area contributed by atoms with Crippen molar-refractivity contribution >= 4 is 8.07 Å². The second kappa shape index (κ2) is 14.0. The summed E-state index contributed by atoms with van der Waals surface area (Å²) in [6.07, 6.45) is 7.52. The molecular weight excluding hydrogens is 579 g/mol. The smallest absolute Gasteiger partial charge is 1.00 e. The summed E-state index contributed by atoms with van der Waals surface area (Å²) in [6.45, 7) is 20.7. The van der Waals surface area contributed by atoms with Crippen molar-refractivity contribution in [2.24, 2.45) is 0 Å². The zero-order valence-corrected chi connectivity index (χ0v) is 28.9. The molecule has 0 bridgehead atoms. The van der Waals surface area contributed by atoms with Crippen LogP contribution in [0.2, 0.25) is 19.6 Å². The molecule has 0 amide bonds. The minimum atomic E-state index is -1.46. The van der Waals surface area contributed by atoms with Crippen LogP contribution in [0, 0.1) is 47.6 Å². The van der Waals surface area contributed by atoms with Crippen LogP contribution in [0.15, 0.2) is 71.4 Å². The van der Waals surface area contributed by atoms with E-state index in [2.05, 4.69) is 128 Å². The van der Waals surface area contributed by atoms with Crippen molar-refractivity contribution in [3.63, 3.8) is 0 Å². The van der Waals surface area contributed by atoms with Crippen LogP contribution in [0.25, 0.3) is 0 Å². The number of aryl methyl sites for hydroxylation is 6. The molecule has 0 saturated heterocycles. The molecule has 38 heavy (non-hydrogen) atoms. The summed E-state index contributed by atoms with van der Waals surface area (Å²) in [6, 6.07) is 21.3. The fourth-order valence-electron chi connectivity index (χ4n) is 5.75. The molecule has 0 unspecified atom stereocenters. The summed E-state index contributed by atoms with van der Waals surface area (Å²) >= 11 is 0. The van der Waals surface area contributed by atoms with Crippen LogP contribution in [0.4, 0.5) is 0 Å². The van der Waals surface area contributed by atoms with Crippen LogP contribution < -0.4 is 37.2 Å². The summed E-state index contributed by atoms with van der Waals surface area (Å²) in [5.74, 6) is 0. The van der Waals surface area contributed by atoms with Crippen LogP contribution in [-0.2, 0) is 27.1 Å². The molecule has 3 aromatic carbocycles. The second-order valence-corrected chi connectivity index (χ2v) is 16.7. The number of benzene rings is 3. The van der Waals surface area contributed by atoms with Gasteiger partial charge >= 0.3 is 21.7 Å². The molecule has 1 aliphatic rings. The largest absolute Gasteiger partial charge is 4.00 e. The second-order valence-electron chi connectivity index (χ2n) is 11.6. The van der Waals surface area contributed by atoms with Crippen molar-refractivity contribution in [1.29, 1.82) is 0 Å². The van der Waals surface area contributed by atoms with Crippen molar-refractivity contribution in [3.8, 4) is 0 Å². The van der Waals surface area contributed by atoms with Gasteiger partial charge in [-0.25, -0.2) is 11.6 Å². The minimum Gasteiger partial charge on any atom is -1.00 e. The molecule has 0 N–H and O–H groups in total. The molecule has 0 radical (unpaired) electrons. The van der Waals surface area contributed by atoms with Gasteiger partial charge < -0.3 is 37.2 Å². The van der Waals surface area contributed by atoms with Gasteiger partial charge in [0.15, 0.2) is 0 Å². The van der Waals surface area contributed by atoms with E-state index in [1.165, 1.54) is 60.8 Å². The molecule has 0 heterocycles. The molecule has 5 heteroatoms. The summed E-state index contributed by atoms with van der Waals surface area (Å²) in [4.78, 5) is 0. The molecule has 4 rings (SSSR count). The van der Waals surface area contributed by atoms with E-state index in [4.69, 9.17) is 0 Å². The molecule has 0 saturated carbocycles. The Labute approximate surface area is 265 Å². The number of allylic oxidation sites excluding steroid dienone is 4. The summed E-state index contributed by atoms with van der Waals surface area (Å²) < 4.78 is 0. The first-order valence-electron chi connectivity index (χ1n) is 12.5. The number of halogens is 3. The maximum atomic E-state index is 4.02. The van der Waals surface area contributed by atoms with Gasteiger partial charge in [-0.2, -0.15) is 5.20 Å². The predicted octanol–water partition coefficient (Wildman–Crippen LogP) is -0.182. The standard InChI is InChI=1S/C33H39Si.3ClH.Ti/c1-22-12-23(2)16-29(15-22)33(30-17-24(3)13-25(4)18-30,31-19-26(5)14-27(6)20-31)28-10-11-32(21-28)34(7,8)9;;;;/h10,12-20H,11H2,1-9H3;3*1H;/q-1;;;;+4/p-3. The molecule has 1 aliphatic carbocycles. The first kappa shape index (κ1) is 36.9. The molecule has 200 valence electrons. The van der Waals surface area contributed by atoms with Gasteiger partial charge in [0.25, 0.3) is 0 Å². The molecule has 0 aromatic heterocycles. The van der Waals surface area contributed by atoms with Crippen LogP contribution in [-0.4, -0.2) is 8.07 Å². The average molecular weight is 618 g/mol. The third-order valence-corrected chi connectivity index (χ3v) is 9.21. The summed E-state index contributed by atoms with van der Waals surface area (Å²) in [5.41, 5.74) is 12.8. The van der Waals surface area contributed by atoms with Crippen molar-refractivity contribution in [2.45, 2.75) is 73.0 Å². The SMILES string of the molecule is Cc1cc(C)cc(C(C2=CCC([Si](C)(C)C)=[C-]2)(c2cc(C)cc(C)c2)c2cc(C)cc(C)c2)c1.[Cl-].[Cl-].[Cl-].[Ti+4]. The zero-order valence-electron chi connectivity index (χ0n) is 24.1. The molecule has 0 spiro atoms. The molecule has 0 aliphatic heterocycles. The van der Waals surface area contributed by atoms with Crippen LogP contribution in [0.1, 0.15) is 56.5 Å². The number of hydrogen-bond donors (Lipinski definition) is 0. The Morgan fingerprint density at radius 3 is 1.08 bits per heavy atom. The molecule has 0 atom stereocenters. The van der Waals surface area contributed by atoms with Crippen LogP contribution >= 0.6 is 0 Å². The van der Waals surface area contributed by atoms with Gasteiger partial charge in [-0.3, -0.25) is 6.08 Å². The monoisotopic (exact) mass is 616 g/mol. The average Bonchev–Trinajstić information content (AvgIpc) is 3.17. The quantitative estimate of drug-likeness (QED) is 0.212. The topological polar surface area (TPSA) is 0 Å². The van der Waals surface area contributed by atoms with Crippen LogP contribution in [0.3, 0.4) is 0 Å². The van der Waals surface area contributed by atoms with E-state index in [0.29, 0.717) is 0 Å². The van der Waals surface area contributed by atoms with E-state index >= 15 is 0 Å². The van der Waals surface area contributed by atoms with Crippen LogP contribution in [0.5, 0.6) is 0 Å². The maximum absolute atomic E-state index is 4.02. The Hall–Kier alpha value is -1.06. The summed E-state index contributed by atoms with van der Waals surface area (Å²) in [7, 11) is -1.46. The van der Waals surface area contributed by atoms with Gasteiger partial charge in [0, 0.05) is 5.41 Å². The number of hydrogen-bond acceptors (Lipinski definition) is 0. The first-order chi connectivity index (χ1) is 15.9. The normalized spacial score (nSPS) is 12.8.